The van der Waals surface area contributed by atoms with Crippen LogP contribution in [0.1, 0.15) is 12.8 Å². The zero-order chi connectivity index (χ0) is 23.3. The number of amides is 4. The topological polar surface area (TPSA) is 114 Å². The molecular weight excluding hydrogens is 424 g/mol. The fraction of sp³-hybridized carbons (Fsp3) is 0.0833. The number of aromatic nitrogens is 2. The van der Waals surface area contributed by atoms with Gasteiger partial charge in [-0.1, -0.05) is 13.2 Å². The molecule has 4 amide bonds. The third kappa shape index (κ3) is 3.35. The summed E-state index contributed by atoms with van der Waals surface area (Å²) in [7, 11) is 0. The molecule has 0 spiro atoms. The van der Waals surface area contributed by atoms with Crippen LogP contribution in [0.25, 0.3) is 22.9 Å². The highest BCUT2D eigenvalue weighted by Gasteiger charge is 2.34. The lowest BCUT2D eigenvalue weighted by atomic mass is 10.2. The van der Waals surface area contributed by atoms with Crippen LogP contribution in [0.3, 0.4) is 0 Å². The Balaban J connectivity index is 1.35. The Morgan fingerprint density at radius 3 is 1.30 bits per heavy atom. The van der Waals surface area contributed by atoms with Crippen molar-refractivity contribution in [3.63, 3.8) is 0 Å². The summed E-state index contributed by atoms with van der Waals surface area (Å²) in [6.45, 7) is 7.22. The fourth-order valence-corrected chi connectivity index (χ4v) is 3.70. The van der Waals surface area contributed by atoms with Crippen LogP contribution in [-0.4, -0.2) is 33.8 Å². The lowest BCUT2D eigenvalue weighted by Gasteiger charge is -2.13. The molecule has 3 heterocycles. The maximum atomic E-state index is 12.1. The molecule has 0 N–H and O–H groups in total. The van der Waals surface area contributed by atoms with E-state index in [-0.39, 0.29) is 47.6 Å². The number of nitrogens with zero attached hydrogens (tertiary/aromatic N) is 4. The lowest BCUT2D eigenvalue weighted by Crippen LogP contribution is -2.28. The van der Waals surface area contributed by atoms with Crippen LogP contribution in [-0.2, 0) is 19.2 Å². The summed E-state index contributed by atoms with van der Waals surface area (Å²) in [4.78, 5) is 50.5. The molecule has 0 bridgehead atoms. The maximum Gasteiger partial charge on any atom is 0.260 e. The first-order valence-corrected chi connectivity index (χ1v) is 9.98. The summed E-state index contributed by atoms with van der Waals surface area (Å²) in [5.41, 5.74) is 2.63. The zero-order valence-corrected chi connectivity index (χ0v) is 17.3. The quantitative estimate of drug-likeness (QED) is 0.452. The Morgan fingerprint density at radius 1 is 0.636 bits per heavy atom. The maximum absolute atomic E-state index is 12.1. The van der Waals surface area contributed by atoms with E-state index in [1.807, 2.05) is 0 Å². The van der Waals surface area contributed by atoms with Crippen molar-refractivity contribution >= 4 is 35.0 Å². The number of rotatable bonds is 4. The van der Waals surface area contributed by atoms with E-state index in [1.165, 1.54) is 0 Å². The molecule has 0 aliphatic carbocycles. The third-order valence-electron chi connectivity index (χ3n) is 5.41. The Hall–Kier alpha value is -4.66. The number of anilines is 2. The number of benzene rings is 2. The van der Waals surface area contributed by atoms with Gasteiger partial charge >= 0.3 is 0 Å². The molecule has 2 saturated heterocycles. The summed E-state index contributed by atoms with van der Waals surface area (Å²) in [5, 5.41) is 8.11. The molecule has 0 radical (unpaired) electrons. The Morgan fingerprint density at radius 2 is 1.00 bits per heavy atom. The molecule has 1 aromatic heterocycles. The Kier molecular flexibility index (Phi) is 4.59. The van der Waals surface area contributed by atoms with Crippen LogP contribution in [0.4, 0.5) is 11.4 Å². The molecular formula is C24H16N4O5. The van der Waals surface area contributed by atoms with Crippen molar-refractivity contribution in [1.82, 2.24) is 10.2 Å². The van der Waals surface area contributed by atoms with Gasteiger partial charge in [0, 0.05) is 22.3 Å². The predicted molar refractivity (Wildman–Crippen MR) is 118 cm³/mol. The van der Waals surface area contributed by atoms with E-state index in [2.05, 4.69) is 23.4 Å². The molecule has 2 aliphatic heterocycles. The van der Waals surface area contributed by atoms with Crippen molar-refractivity contribution < 1.29 is 23.6 Å². The van der Waals surface area contributed by atoms with Crippen molar-refractivity contribution in [2.24, 2.45) is 0 Å². The van der Waals surface area contributed by atoms with Gasteiger partial charge in [-0.2, -0.15) is 0 Å². The monoisotopic (exact) mass is 440 g/mol. The van der Waals surface area contributed by atoms with Crippen LogP contribution in [0.15, 0.2) is 77.3 Å². The van der Waals surface area contributed by atoms with E-state index in [0.717, 1.165) is 9.80 Å². The largest absolute Gasteiger partial charge is 0.416 e. The minimum absolute atomic E-state index is 0.0151. The normalized spacial score (nSPS) is 16.5. The van der Waals surface area contributed by atoms with E-state index >= 15 is 0 Å². The second-order valence-corrected chi connectivity index (χ2v) is 7.64. The first kappa shape index (κ1) is 20.3. The van der Waals surface area contributed by atoms with Gasteiger partial charge in [-0.3, -0.25) is 19.2 Å². The molecule has 5 rings (SSSR count). The second kappa shape index (κ2) is 7.49. The highest BCUT2D eigenvalue weighted by atomic mass is 16.4. The number of carbonyl (C=O) groups is 4. The molecule has 9 nitrogen and oxygen atoms in total. The third-order valence-corrected chi connectivity index (χ3v) is 5.41. The highest BCUT2D eigenvalue weighted by molar-refractivity contribution is 6.28. The van der Waals surface area contributed by atoms with Gasteiger partial charge in [0.05, 0.1) is 24.2 Å². The molecule has 0 unspecified atom stereocenters. The summed E-state index contributed by atoms with van der Waals surface area (Å²) < 4.78 is 5.76. The van der Waals surface area contributed by atoms with Crippen LogP contribution in [0, 0.1) is 0 Å². The molecule has 2 aliphatic rings. The van der Waals surface area contributed by atoms with E-state index in [1.54, 1.807) is 48.5 Å². The molecule has 9 heteroatoms. The lowest BCUT2D eigenvalue weighted by molar-refractivity contribution is -0.122. The average molecular weight is 440 g/mol. The van der Waals surface area contributed by atoms with E-state index in [0.29, 0.717) is 22.5 Å². The minimum Gasteiger partial charge on any atom is -0.416 e. The number of carbonyl (C=O) groups excluding carboxylic acids is 4. The van der Waals surface area contributed by atoms with E-state index in [4.69, 9.17) is 4.42 Å². The van der Waals surface area contributed by atoms with Crippen LogP contribution >= 0.6 is 0 Å². The van der Waals surface area contributed by atoms with Crippen molar-refractivity contribution in [2.45, 2.75) is 12.8 Å². The standard InChI is InChI=1S/C24H16N4O5/c1-13-11-19(29)27(23(13)31)17-7-3-15(4-8-17)21-25-26-22(33-21)16-5-9-18(10-6-16)28-20(30)12-14(2)24(28)32/h3-10H,1-2,11-12H2. The number of hydrogen-bond acceptors (Lipinski definition) is 7. The number of hydrogen-bond donors (Lipinski definition) is 0. The van der Waals surface area contributed by atoms with Gasteiger partial charge in [-0.15, -0.1) is 10.2 Å². The van der Waals surface area contributed by atoms with Crippen molar-refractivity contribution in [2.75, 3.05) is 9.80 Å². The summed E-state index contributed by atoms with van der Waals surface area (Å²) in [6, 6.07) is 13.2. The first-order valence-electron chi connectivity index (χ1n) is 9.98. The molecule has 2 aromatic carbocycles. The smallest absolute Gasteiger partial charge is 0.260 e. The average Bonchev–Trinajstić information content (AvgIpc) is 3.46. The number of imide groups is 2. The molecule has 162 valence electrons. The van der Waals surface area contributed by atoms with E-state index in [9.17, 15) is 19.2 Å². The van der Waals surface area contributed by atoms with Gasteiger partial charge in [0.25, 0.3) is 11.8 Å². The molecule has 33 heavy (non-hydrogen) atoms. The SMILES string of the molecule is C=C1CC(=O)N(c2ccc(-c3nnc(-c4ccc(N5C(=O)CC(=C)C5=O)cc4)o3)cc2)C1=O. The molecule has 2 fully saturated rings. The van der Waals surface area contributed by atoms with E-state index < -0.39 is 11.8 Å². The van der Waals surface area contributed by atoms with Crippen LogP contribution in [0.2, 0.25) is 0 Å². The highest BCUT2D eigenvalue weighted by Crippen LogP contribution is 2.31. The Bertz CT molecular complexity index is 1260. The summed E-state index contributed by atoms with van der Waals surface area (Å²) >= 11 is 0. The fourth-order valence-electron chi connectivity index (χ4n) is 3.70. The minimum atomic E-state index is -0.405. The molecule has 0 atom stereocenters. The van der Waals surface area contributed by atoms with Gasteiger partial charge in [0.15, 0.2) is 0 Å². The van der Waals surface area contributed by atoms with Gasteiger partial charge in [-0.05, 0) is 48.5 Å². The van der Waals surface area contributed by atoms with Crippen LogP contribution in [0.5, 0.6) is 0 Å². The van der Waals surface area contributed by atoms with Gasteiger partial charge in [0.2, 0.25) is 23.6 Å². The van der Waals surface area contributed by atoms with Gasteiger partial charge < -0.3 is 4.42 Å². The van der Waals surface area contributed by atoms with Gasteiger partial charge in [0.1, 0.15) is 0 Å². The Labute approximate surface area is 187 Å². The van der Waals surface area contributed by atoms with Crippen molar-refractivity contribution in [1.29, 1.82) is 0 Å². The molecule has 0 saturated carbocycles. The predicted octanol–water partition coefficient (Wildman–Crippen LogP) is 3.04. The van der Waals surface area contributed by atoms with Gasteiger partial charge in [-0.25, -0.2) is 9.80 Å². The first-order chi connectivity index (χ1) is 15.8. The van der Waals surface area contributed by atoms with Crippen LogP contribution < -0.4 is 9.80 Å². The van der Waals surface area contributed by atoms with Crippen molar-refractivity contribution in [3.8, 4) is 22.9 Å². The molecule has 3 aromatic rings. The zero-order valence-electron chi connectivity index (χ0n) is 17.3. The van der Waals surface area contributed by atoms with Crippen molar-refractivity contribution in [3.05, 3.63) is 72.8 Å². The second-order valence-electron chi connectivity index (χ2n) is 7.64. The summed E-state index contributed by atoms with van der Waals surface area (Å²) in [6.07, 6.45) is 0.0302. The summed E-state index contributed by atoms with van der Waals surface area (Å²) in [5.74, 6) is -0.933.